The highest BCUT2D eigenvalue weighted by Gasteiger charge is 2.34. The van der Waals surface area contributed by atoms with Crippen LogP contribution < -0.4 is 10.1 Å². The number of methoxy groups -OCH3 is 1. The zero-order chi connectivity index (χ0) is 20.8. The van der Waals surface area contributed by atoms with Crippen molar-refractivity contribution in [3.05, 3.63) is 70.1 Å². The second-order valence-corrected chi connectivity index (χ2v) is 7.58. The first-order valence-corrected chi connectivity index (χ1v) is 10.00. The van der Waals surface area contributed by atoms with E-state index < -0.39 is 0 Å². The number of aryl methyl sites for hydroxylation is 1. The van der Waals surface area contributed by atoms with Crippen molar-refractivity contribution in [2.75, 3.05) is 20.2 Å². The number of carbonyl (C=O) groups is 3. The highest BCUT2D eigenvalue weighted by atomic mass is 32.2. The van der Waals surface area contributed by atoms with Gasteiger partial charge in [-0.25, -0.2) is 0 Å². The van der Waals surface area contributed by atoms with Crippen LogP contribution >= 0.6 is 11.8 Å². The van der Waals surface area contributed by atoms with Crippen LogP contribution in [0.5, 0.6) is 5.75 Å². The lowest BCUT2D eigenvalue weighted by Crippen LogP contribution is -2.37. The van der Waals surface area contributed by atoms with Crippen LogP contribution in [0.2, 0.25) is 0 Å². The number of hydrogen-bond donors (Lipinski definition) is 1. The maximum atomic E-state index is 12.5. The molecule has 0 atom stereocenters. The van der Waals surface area contributed by atoms with Gasteiger partial charge in [0.15, 0.2) is 0 Å². The molecule has 1 heterocycles. The summed E-state index contributed by atoms with van der Waals surface area (Å²) < 4.78 is 5.29. The van der Waals surface area contributed by atoms with Gasteiger partial charge in [-0.3, -0.25) is 19.3 Å². The van der Waals surface area contributed by atoms with Crippen molar-refractivity contribution >= 4 is 34.9 Å². The fraction of sp³-hybridized carbons (Fsp3) is 0.227. The largest absolute Gasteiger partial charge is 0.496 e. The molecule has 0 aromatic heterocycles. The molecular weight excluding hydrogens is 388 g/mol. The molecule has 7 heteroatoms. The number of carbonyl (C=O) groups excluding carboxylic acids is 3. The van der Waals surface area contributed by atoms with Crippen molar-refractivity contribution in [1.82, 2.24) is 10.2 Å². The summed E-state index contributed by atoms with van der Waals surface area (Å²) in [6.07, 6.45) is 1.87. The third-order valence-electron chi connectivity index (χ3n) is 4.42. The number of amides is 3. The van der Waals surface area contributed by atoms with Crippen LogP contribution in [0, 0.1) is 6.92 Å². The first-order valence-electron chi connectivity index (χ1n) is 9.18. The molecule has 1 fully saturated rings. The first kappa shape index (κ1) is 20.7. The van der Waals surface area contributed by atoms with Gasteiger partial charge >= 0.3 is 0 Å². The predicted molar refractivity (Wildman–Crippen MR) is 114 cm³/mol. The van der Waals surface area contributed by atoms with E-state index >= 15 is 0 Å². The smallest absolute Gasteiger partial charge is 0.293 e. The molecule has 0 spiro atoms. The second-order valence-electron chi connectivity index (χ2n) is 6.59. The van der Waals surface area contributed by atoms with Crippen molar-refractivity contribution in [3.63, 3.8) is 0 Å². The van der Waals surface area contributed by atoms with Crippen LogP contribution in [0.3, 0.4) is 0 Å². The molecule has 0 unspecified atom stereocenters. The van der Waals surface area contributed by atoms with E-state index in [0.29, 0.717) is 10.7 Å². The normalized spacial score (nSPS) is 15.1. The molecule has 3 rings (SSSR count). The topological polar surface area (TPSA) is 75.7 Å². The van der Waals surface area contributed by atoms with Gasteiger partial charge in [-0.05, 0) is 36.4 Å². The molecule has 1 aliphatic heterocycles. The second kappa shape index (κ2) is 9.43. The Kier molecular flexibility index (Phi) is 6.72. The molecule has 150 valence electrons. The summed E-state index contributed by atoms with van der Waals surface area (Å²) in [5.74, 6) is 0.127. The summed E-state index contributed by atoms with van der Waals surface area (Å²) in [6.45, 7) is 2.28. The zero-order valence-corrected chi connectivity index (χ0v) is 17.1. The summed E-state index contributed by atoms with van der Waals surface area (Å²) in [7, 11) is 1.56. The first-order chi connectivity index (χ1) is 14.0. The summed E-state index contributed by atoms with van der Waals surface area (Å²) in [5, 5.41) is 2.44. The minimum atomic E-state index is -0.335. The Morgan fingerprint density at radius 2 is 1.93 bits per heavy atom. The number of nitrogens with zero attached hydrogens (tertiary/aromatic N) is 1. The molecule has 1 N–H and O–H groups in total. The van der Waals surface area contributed by atoms with Crippen molar-refractivity contribution in [1.29, 1.82) is 0 Å². The summed E-state index contributed by atoms with van der Waals surface area (Å²) in [5.41, 5.74) is 2.69. The molecule has 1 aliphatic rings. The molecule has 1 saturated heterocycles. The lowest BCUT2D eigenvalue weighted by atomic mass is 10.1. The highest BCUT2D eigenvalue weighted by Crippen LogP contribution is 2.31. The Morgan fingerprint density at radius 3 is 2.66 bits per heavy atom. The van der Waals surface area contributed by atoms with Crippen LogP contribution in [-0.2, 0) is 16.0 Å². The zero-order valence-electron chi connectivity index (χ0n) is 16.3. The molecule has 2 aromatic carbocycles. The molecule has 0 saturated carbocycles. The van der Waals surface area contributed by atoms with Gasteiger partial charge in [0.1, 0.15) is 5.75 Å². The average molecular weight is 410 g/mol. The maximum absolute atomic E-state index is 12.5. The summed E-state index contributed by atoms with van der Waals surface area (Å²) in [6, 6.07) is 15.0. The molecular formula is C22H22N2O4S. The third-order valence-corrected chi connectivity index (χ3v) is 5.32. The van der Waals surface area contributed by atoms with Crippen molar-refractivity contribution in [2.45, 2.75) is 13.3 Å². The lowest BCUT2D eigenvalue weighted by molar-refractivity contribution is -0.124. The van der Waals surface area contributed by atoms with E-state index in [0.717, 1.165) is 33.4 Å². The highest BCUT2D eigenvalue weighted by molar-refractivity contribution is 8.18. The van der Waals surface area contributed by atoms with Gasteiger partial charge in [0.2, 0.25) is 5.91 Å². The molecule has 0 aliphatic carbocycles. The third kappa shape index (κ3) is 5.26. The van der Waals surface area contributed by atoms with E-state index in [1.807, 2.05) is 55.5 Å². The average Bonchev–Trinajstić information content (AvgIpc) is 2.96. The van der Waals surface area contributed by atoms with Crippen molar-refractivity contribution in [2.24, 2.45) is 0 Å². The van der Waals surface area contributed by atoms with Gasteiger partial charge in [-0.15, -0.1) is 0 Å². The van der Waals surface area contributed by atoms with E-state index in [-0.39, 0.29) is 36.6 Å². The van der Waals surface area contributed by atoms with E-state index in [4.69, 9.17) is 4.74 Å². The lowest BCUT2D eigenvalue weighted by Gasteiger charge is -2.14. The van der Waals surface area contributed by atoms with Crippen LogP contribution in [0.15, 0.2) is 53.4 Å². The summed E-state index contributed by atoms with van der Waals surface area (Å²) >= 11 is 0.914. The Labute approximate surface area is 173 Å². The Bertz CT molecular complexity index is 957. The number of thioether (sulfide) groups is 1. The number of benzene rings is 2. The Morgan fingerprint density at radius 1 is 1.17 bits per heavy atom. The molecule has 29 heavy (non-hydrogen) atoms. The van der Waals surface area contributed by atoms with Crippen LogP contribution in [-0.4, -0.2) is 42.2 Å². The maximum Gasteiger partial charge on any atom is 0.293 e. The fourth-order valence-electron chi connectivity index (χ4n) is 2.98. The number of ether oxygens (including phenoxy) is 1. The molecule has 0 radical (unpaired) electrons. The van der Waals surface area contributed by atoms with Gasteiger partial charge in [0, 0.05) is 18.7 Å². The molecule has 0 bridgehead atoms. The monoisotopic (exact) mass is 410 g/mol. The minimum absolute atomic E-state index is 0.132. The Balaban J connectivity index is 1.54. The Hall–Kier alpha value is -3.06. The van der Waals surface area contributed by atoms with E-state index in [2.05, 4.69) is 5.32 Å². The van der Waals surface area contributed by atoms with Crippen molar-refractivity contribution in [3.8, 4) is 5.75 Å². The van der Waals surface area contributed by atoms with Gasteiger partial charge < -0.3 is 10.1 Å². The van der Waals surface area contributed by atoms with E-state index in [9.17, 15) is 14.4 Å². The van der Waals surface area contributed by atoms with Gasteiger partial charge in [-0.2, -0.15) is 0 Å². The number of rotatable bonds is 7. The predicted octanol–water partition coefficient (Wildman–Crippen LogP) is 3.40. The van der Waals surface area contributed by atoms with Crippen LogP contribution in [0.25, 0.3) is 6.08 Å². The fourth-order valence-corrected chi connectivity index (χ4v) is 3.85. The standard InChI is InChI=1S/C22H22N2O4S/c1-15-8-9-18(28-2)17(12-15)14-20(25)23-10-11-24-21(26)19(29-22(24)27)13-16-6-4-3-5-7-16/h3-9,12-13H,10-11,14H2,1-2H3,(H,23,25)/b19-13-. The molecule has 2 aromatic rings. The van der Waals surface area contributed by atoms with E-state index in [1.54, 1.807) is 13.2 Å². The van der Waals surface area contributed by atoms with Gasteiger partial charge in [0.25, 0.3) is 11.1 Å². The minimum Gasteiger partial charge on any atom is -0.496 e. The van der Waals surface area contributed by atoms with Crippen LogP contribution in [0.4, 0.5) is 4.79 Å². The SMILES string of the molecule is COc1ccc(C)cc1CC(=O)NCCN1C(=O)S/C(=C\c2ccccc2)C1=O. The quantitative estimate of drug-likeness (QED) is 0.708. The molecule has 3 amide bonds. The number of imide groups is 1. The van der Waals surface area contributed by atoms with Crippen molar-refractivity contribution < 1.29 is 19.1 Å². The number of hydrogen-bond acceptors (Lipinski definition) is 5. The van der Waals surface area contributed by atoms with E-state index in [1.165, 1.54) is 0 Å². The number of nitrogens with one attached hydrogen (secondary N) is 1. The molecule has 6 nitrogen and oxygen atoms in total. The van der Waals surface area contributed by atoms with Gasteiger partial charge in [0.05, 0.1) is 18.4 Å². The van der Waals surface area contributed by atoms with Crippen LogP contribution in [0.1, 0.15) is 16.7 Å². The van der Waals surface area contributed by atoms with Gasteiger partial charge in [-0.1, -0.05) is 48.0 Å². The summed E-state index contributed by atoms with van der Waals surface area (Å²) in [4.78, 5) is 38.5.